The SMILES string of the molecule is Cc1c(-c2cc(C(=O)O)n(C)n2)c2cc(Cl)ccc2n1C. The molecule has 3 aromatic rings. The number of fused-ring (bicyclic) bond motifs is 1. The topological polar surface area (TPSA) is 60.0 Å². The normalized spacial score (nSPS) is 11.2. The van der Waals surface area contributed by atoms with Crippen LogP contribution in [-0.2, 0) is 14.1 Å². The van der Waals surface area contributed by atoms with Crippen molar-refractivity contribution in [3.05, 3.63) is 40.7 Å². The second-order valence-electron chi connectivity index (χ2n) is 5.02. The van der Waals surface area contributed by atoms with E-state index >= 15 is 0 Å². The predicted molar refractivity (Wildman–Crippen MR) is 81.8 cm³/mol. The third-order valence-corrected chi connectivity index (χ3v) is 4.04. The van der Waals surface area contributed by atoms with Crippen molar-refractivity contribution < 1.29 is 9.90 Å². The molecule has 3 rings (SSSR count). The van der Waals surface area contributed by atoms with Crippen LogP contribution < -0.4 is 0 Å². The number of rotatable bonds is 2. The highest BCUT2D eigenvalue weighted by Gasteiger charge is 2.19. The minimum atomic E-state index is -0.993. The molecule has 1 N–H and O–H groups in total. The van der Waals surface area contributed by atoms with E-state index in [0.717, 1.165) is 22.2 Å². The van der Waals surface area contributed by atoms with Crippen molar-refractivity contribution in [2.45, 2.75) is 6.92 Å². The molecule has 0 aliphatic rings. The Morgan fingerprint density at radius 2 is 2.00 bits per heavy atom. The van der Waals surface area contributed by atoms with Crippen LogP contribution in [0.1, 0.15) is 16.2 Å². The van der Waals surface area contributed by atoms with E-state index in [1.165, 1.54) is 4.68 Å². The Morgan fingerprint density at radius 3 is 2.62 bits per heavy atom. The van der Waals surface area contributed by atoms with Crippen LogP contribution in [0.4, 0.5) is 0 Å². The number of aryl methyl sites for hydroxylation is 2. The van der Waals surface area contributed by atoms with Gasteiger partial charge in [0, 0.05) is 41.3 Å². The summed E-state index contributed by atoms with van der Waals surface area (Å²) < 4.78 is 3.43. The molecule has 6 heteroatoms. The number of carboxylic acids is 1. The van der Waals surface area contributed by atoms with Crippen LogP contribution in [0.2, 0.25) is 5.02 Å². The zero-order valence-electron chi connectivity index (χ0n) is 11.9. The molecule has 0 radical (unpaired) electrons. The first-order valence-electron chi connectivity index (χ1n) is 6.42. The maximum absolute atomic E-state index is 11.2. The number of hydrogen-bond donors (Lipinski definition) is 1. The molecule has 0 bridgehead atoms. The van der Waals surface area contributed by atoms with Gasteiger partial charge in [0.25, 0.3) is 0 Å². The lowest BCUT2D eigenvalue weighted by Crippen LogP contribution is -2.04. The fraction of sp³-hybridized carbons (Fsp3) is 0.200. The smallest absolute Gasteiger partial charge is 0.354 e. The lowest BCUT2D eigenvalue weighted by molar-refractivity contribution is 0.0685. The molecule has 2 heterocycles. The highest BCUT2D eigenvalue weighted by Crippen LogP contribution is 2.35. The zero-order chi connectivity index (χ0) is 15.3. The molecule has 2 aromatic heterocycles. The van der Waals surface area contributed by atoms with Gasteiger partial charge in [0.15, 0.2) is 0 Å². The van der Waals surface area contributed by atoms with Gasteiger partial charge in [-0.25, -0.2) is 4.79 Å². The van der Waals surface area contributed by atoms with E-state index in [0.29, 0.717) is 10.7 Å². The van der Waals surface area contributed by atoms with Gasteiger partial charge in [-0.3, -0.25) is 4.68 Å². The number of halogens is 1. The number of carbonyl (C=O) groups is 1. The number of hydrogen-bond acceptors (Lipinski definition) is 2. The van der Waals surface area contributed by atoms with Crippen molar-refractivity contribution in [1.29, 1.82) is 0 Å². The quantitative estimate of drug-likeness (QED) is 0.790. The summed E-state index contributed by atoms with van der Waals surface area (Å²) in [4.78, 5) is 11.2. The summed E-state index contributed by atoms with van der Waals surface area (Å²) in [6, 6.07) is 7.27. The largest absolute Gasteiger partial charge is 0.477 e. The summed E-state index contributed by atoms with van der Waals surface area (Å²) in [7, 11) is 3.59. The summed E-state index contributed by atoms with van der Waals surface area (Å²) >= 11 is 6.10. The number of benzene rings is 1. The van der Waals surface area contributed by atoms with Gasteiger partial charge in [-0.1, -0.05) is 11.6 Å². The first kappa shape index (κ1) is 13.7. The zero-order valence-corrected chi connectivity index (χ0v) is 12.6. The van der Waals surface area contributed by atoms with Gasteiger partial charge < -0.3 is 9.67 Å². The molecule has 1 aromatic carbocycles. The van der Waals surface area contributed by atoms with Gasteiger partial charge in [0.1, 0.15) is 5.69 Å². The van der Waals surface area contributed by atoms with Gasteiger partial charge in [0.05, 0.1) is 5.69 Å². The van der Waals surface area contributed by atoms with Gasteiger partial charge in [-0.2, -0.15) is 5.10 Å². The molecule has 0 aliphatic heterocycles. The van der Waals surface area contributed by atoms with Crippen LogP contribution >= 0.6 is 11.6 Å². The van der Waals surface area contributed by atoms with Crippen molar-refractivity contribution in [2.75, 3.05) is 0 Å². The fourth-order valence-corrected chi connectivity index (χ4v) is 2.83. The summed E-state index contributed by atoms with van der Waals surface area (Å²) in [6.45, 7) is 1.98. The highest BCUT2D eigenvalue weighted by atomic mass is 35.5. The number of carboxylic acid groups (broad SMARTS) is 1. The lowest BCUT2D eigenvalue weighted by atomic mass is 10.1. The van der Waals surface area contributed by atoms with E-state index in [2.05, 4.69) is 9.67 Å². The molecule has 108 valence electrons. The van der Waals surface area contributed by atoms with Crippen molar-refractivity contribution in [3.8, 4) is 11.3 Å². The van der Waals surface area contributed by atoms with Crippen LogP contribution in [-0.4, -0.2) is 25.4 Å². The molecular weight excluding hydrogens is 290 g/mol. The summed E-state index contributed by atoms with van der Waals surface area (Å²) in [5, 5.41) is 15.1. The number of aromatic carboxylic acids is 1. The molecule has 0 saturated heterocycles. The van der Waals surface area contributed by atoms with Crippen LogP contribution in [0, 0.1) is 6.92 Å². The maximum atomic E-state index is 11.2. The second kappa shape index (κ2) is 4.63. The van der Waals surface area contributed by atoms with Crippen molar-refractivity contribution in [1.82, 2.24) is 14.3 Å². The van der Waals surface area contributed by atoms with Gasteiger partial charge >= 0.3 is 5.97 Å². The Labute approximate surface area is 126 Å². The molecule has 0 amide bonds. The van der Waals surface area contributed by atoms with E-state index in [9.17, 15) is 9.90 Å². The Kier molecular flexibility index (Phi) is 3.02. The standard InChI is InChI=1S/C15H14ClN3O2/c1-8-14(11-7-13(15(20)21)19(3)17-11)10-6-9(16)4-5-12(10)18(8)2/h4-7H,1-3H3,(H,20,21). The first-order chi connectivity index (χ1) is 9.90. The van der Waals surface area contributed by atoms with E-state index in [4.69, 9.17) is 11.6 Å². The van der Waals surface area contributed by atoms with Crippen LogP contribution in [0.25, 0.3) is 22.2 Å². The molecule has 0 saturated carbocycles. The first-order valence-corrected chi connectivity index (χ1v) is 6.80. The summed E-state index contributed by atoms with van der Waals surface area (Å²) in [5.41, 5.74) is 3.76. The lowest BCUT2D eigenvalue weighted by Gasteiger charge is -1.98. The third-order valence-electron chi connectivity index (χ3n) is 3.81. The number of aromatic nitrogens is 3. The Morgan fingerprint density at radius 1 is 1.29 bits per heavy atom. The summed E-state index contributed by atoms with van der Waals surface area (Å²) in [5.74, 6) is -0.993. The molecule has 0 aliphatic carbocycles. The van der Waals surface area contributed by atoms with Crippen molar-refractivity contribution in [2.24, 2.45) is 14.1 Å². The number of nitrogens with zero attached hydrogens (tertiary/aromatic N) is 3. The van der Waals surface area contributed by atoms with Gasteiger partial charge in [-0.05, 0) is 31.2 Å². The van der Waals surface area contributed by atoms with Crippen LogP contribution in [0.15, 0.2) is 24.3 Å². The molecule has 0 spiro atoms. The minimum Gasteiger partial charge on any atom is -0.477 e. The molecule has 0 atom stereocenters. The second-order valence-corrected chi connectivity index (χ2v) is 5.46. The molecule has 5 nitrogen and oxygen atoms in total. The summed E-state index contributed by atoms with van der Waals surface area (Å²) in [6.07, 6.45) is 0. The van der Waals surface area contributed by atoms with Crippen molar-refractivity contribution in [3.63, 3.8) is 0 Å². The highest BCUT2D eigenvalue weighted by molar-refractivity contribution is 6.31. The van der Waals surface area contributed by atoms with E-state index in [-0.39, 0.29) is 5.69 Å². The van der Waals surface area contributed by atoms with Crippen LogP contribution in [0.3, 0.4) is 0 Å². The van der Waals surface area contributed by atoms with E-state index in [1.54, 1.807) is 13.1 Å². The van der Waals surface area contributed by atoms with E-state index < -0.39 is 5.97 Å². The molecule has 0 fully saturated rings. The molecule has 0 unspecified atom stereocenters. The Hall–Kier alpha value is -2.27. The minimum absolute atomic E-state index is 0.156. The Balaban J connectivity index is 2.34. The van der Waals surface area contributed by atoms with Crippen LogP contribution in [0.5, 0.6) is 0 Å². The molecule has 21 heavy (non-hydrogen) atoms. The van der Waals surface area contributed by atoms with Gasteiger partial charge in [0.2, 0.25) is 0 Å². The average molecular weight is 304 g/mol. The monoisotopic (exact) mass is 303 g/mol. The average Bonchev–Trinajstić information content (AvgIpc) is 2.90. The third kappa shape index (κ3) is 2.01. The van der Waals surface area contributed by atoms with Crippen molar-refractivity contribution >= 4 is 28.5 Å². The Bertz CT molecular complexity index is 877. The molecular formula is C15H14ClN3O2. The van der Waals surface area contributed by atoms with Gasteiger partial charge in [-0.15, -0.1) is 0 Å². The fourth-order valence-electron chi connectivity index (χ4n) is 2.66. The maximum Gasteiger partial charge on any atom is 0.354 e. The predicted octanol–water partition coefficient (Wildman–Crippen LogP) is 3.24. The van der Waals surface area contributed by atoms with E-state index in [1.807, 2.05) is 32.2 Å².